The molecule has 70 valence electrons. The largest absolute Gasteiger partial charge is 0.322 e. The smallest absolute Gasteiger partial charge is 0.180 e. The van der Waals surface area contributed by atoms with E-state index in [-0.39, 0.29) is 5.78 Å². The summed E-state index contributed by atoms with van der Waals surface area (Å²) in [5, 5.41) is 0.833. The van der Waals surface area contributed by atoms with E-state index in [4.69, 9.17) is 0 Å². The normalized spacial score (nSPS) is 10.1. The first kappa shape index (κ1) is 10.1. The van der Waals surface area contributed by atoms with Crippen molar-refractivity contribution in [2.45, 2.75) is 12.1 Å². The van der Waals surface area contributed by atoms with Crippen molar-refractivity contribution in [3.05, 3.63) is 18.0 Å². The number of hydrogen-bond donors (Lipinski definition) is 0. The highest BCUT2D eigenvalue weighted by molar-refractivity contribution is 7.98. The minimum absolute atomic E-state index is 0.0224. The quantitative estimate of drug-likeness (QED) is 0.547. The zero-order valence-electron chi connectivity index (χ0n) is 8.00. The first-order chi connectivity index (χ1) is 6.11. The minimum Gasteiger partial charge on any atom is -0.322 e. The molecule has 0 fully saturated rings. The number of thioether (sulfide) groups is 1. The second-order valence-electron chi connectivity index (χ2n) is 2.65. The number of aromatic nitrogens is 2. The monoisotopic (exact) mass is 196 g/mol. The zero-order valence-corrected chi connectivity index (χ0v) is 8.81. The van der Waals surface area contributed by atoms with Crippen LogP contribution >= 0.6 is 11.8 Å². The van der Waals surface area contributed by atoms with Gasteiger partial charge in [-0.3, -0.25) is 4.79 Å². The molecule has 1 rings (SSSR count). The van der Waals surface area contributed by atoms with Gasteiger partial charge in [0.2, 0.25) is 0 Å². The van der Waals surface area contributed by atoms with E-state index >= 15 is 0 Å². The van der Waals surface area contributed by atoms with Gasteiger partial charge in [-0.1, -0.05) is 18.3 Å². The lowest BCUT2D eigenvalue weighted by Gasteiger charge is -1.98. The van der Waals surface area contributed by atoms with Crippen LogP contribution in [0.2, 0.25) is 0 Å². The fourth-order valence-electron chi connectivity index (χ4n) is 1.17. The average molecular weight is 196 g/mol. The van der Waals surface area contributed by atoms with Gasteiger partial charge in [0.25, 0.3) is 0 Å². The Bertz CT molecular complexity index is 355. The number of nitrogens with zero attached hydrogens (tertiary/aromatic N) is 2. The highest BCUT2D eigenvalue weighted by Gasteiger charge is 2.14. The van der Waals surface area contributed by atoms with Crippen molar-refractivity contribution in [1.29, 1.82) is 0 Å². The number of carbonyl (C=O) groups is 1. The molecule has 4 heteroatoms. The summed E-state index contributed by atoms with van der Waals surface area (Å²) in [4.78, 5) is 15.4. The first-order valence-corrected chi connectivity index (χ1v) is 5.08. The van der Waals surface area contributed by atoms with Gasteiger partial charge in [0.05, 0.1) is 5.69 Å². The summed E-state index contributed by atoms with van der Waals surface area (Å²) in [6.07, 6.45) is 3.59. The highest BCUT2D eigenvalue weighted by atomic mass is 32.2. The molecule has 1 aromatic heterocycles. The maximum atomic E-state index is 11.2. The molecule has 0 spiro atoms. The van der Waals surface area contributed by atoms with Crippen LogP contribution in [0, 0.1) is 0 Å². The van der Waals surface area contributed by atoms with Crippen molar-refractivity contribution >= 4 is 23.6 Å². The Labute approximate surface area is 81.9 Å². The standard InChI is InChI=1S/C9H12N2OS/c1-5-7-8(6(2)12)10-9(13-4)11(7)3/h5H,1H2,2-4H3. The molecule has 1 heterocycles. The van der Waals surface area contributed by atoms with Crippen LogP contribution in [0.1, 0.15) is 23.1 Å². The zero-order chi connectivity index (χ0) is 10.0. The van der Waals surface area contributed by atoms with E-state index in [9.17, 15) is 4.79 Å². The molecule has 1 aromatic rings. The van der Waals surface area contributed by atoms with Crippen molar-refractivity contribution < 1.29 is 4.79 Å². The molecule has 3 nitrogen and oxygen atoms in total. The summed E-state index contributed by atoms with van der Waals surface area (Å²) < 4.78 is 1.87. The molecule has 0 aliphatic carbocycles. The van der Waals surface area contributed by atoms with Gasteiger partial charge >= 0.3 is 0 Å². The third kappa shape index (κ3) is 1.67. The fourth-order valence-corrected chi connectivity index (χ4v) is 1.72. The van der Waals surface area contributed by atoms with Gasteiger partial charge in [-0.25, -0.2) is 4.98 Å². The summed E-state index contributed by atoms with van der Waals surface area (Å²) in [6.45, 7) is 5.17. The predicted molar refractivity (Wildman–Crippen MR) is 55.1 cm³/mol. The van der Waals surface area contributed by atoms with E-state index in [2.05, 4.69) is 11.6 Å². The molecular weight excluding hydrogens is 184 g/mol. The van der Waals surface area contributed by atoms with E-state index in [0.717, 1.165) is 10.9 Å². The second kappa shape index (κ2) is 3.79. The van der Waals surface area contributed by atoms with E-state index in [1.807, 2.05) is 17.9 Å². The van der Waals surface area contributed by atoms with Crippen molar-refractivity contribution in [3.63, 3.8) is 0 Å². The molecule has 0 saturated carbocycles. The maximum Gasteiger partial charge on any atom is 0.180 e. The molecular formula is C9H12N2OS. The summed E-state index contributed by atoms with van der Waals surface area (Å²) in [7, 11) is 1.88. The molecule has 0 aliphatic rings. The van der Waals surface area contributed by atoms with Crippen LogP contribution in [-0.2, 0) is 7.05 Å². The van der Waals surface area contributed by atoms with Gasteiger partial charge in [-0.15, -0.1) is 0 Å². The maximum absolute atomic E-state index is 11.2. The van der Waals surface area contributed by atoms with E-state index < -0.39 is 0 Å². The van der Waals surface area contributed by atoms with Crippen LogP contribution in [-0.4, -0.2) is 21.6 Å². The second-order valence-corrected chi connectivity index (χ2v) is 3.43. The molecule has 0 radical (unpaired) electrons. The topological polar surface area (TPSA) is 34.9 Å². The number of ketones is 1. The van der Waals surface area contributed by atoms with Gasteiger partial charge < -0.3 is 4.57 Å². The Morgan fingerprint density at radius 1 is 1.69 bits per heavy atom. The van der Waals surface area contributed by atoms with Crippen molar-refractivity contribution in [2.75, 3.05) is 6.26 Å². The van der Waals surface area contributed by atoms with E-state index in [1.54, 1.807) is 6.08 Å². The first-order valence-electron chi connectivity index (χ1n) is 3.86. The van der Waals surface area contributed by atoms with Crippen LogP contribution in [0.3, 0.4) is 0 Å². The third-order valence-electron chi connectivity index (χ3n) is 1.81. The lowest BCUT2D eigenvalue weighted by molar-refractivity contribution is 0.101. The van der Waals surface area contributed by atoms with Crippen LogP contribution in [0.25, 0.3) is 6.08 Å². The van der Waals surface area contributed by atoms with Gasteiger partial charge in [0.15, 0.2) is 10.9 Å². The lowest BCUT2D eigenvalue weighted by Crippen LogP contribution is -1.97. The summed E-state index contributed by atoms with van der Waals surface area (Å²) in [5.41, 5.74) is 1.29. The number of rotatable bonds is 3. The van der Waals surface area contributed by atoms with E-state index in [1.165, 1.54) is 18.7 Å². The van der Waals surface area contributed by atoms with Crippen molar-refractivity contribution in [3.8, 4) is 0 Å². The SMILES string of the molecule is C=Cc1c(C(C)=O)nc(SC)n1C. The highest BCUT2D eigenvalue weighted by Crippen LogP contribution is 2.19. The van der Waals surface area contributed by atoms with Crippen LogP contribution in [0.15, 0.2) is 11.7 Å². The van der Waals surface area contributed by atoms with Crippen molar-refractivity contribution in [2.24, 2.45) is 7.05 Å². The molecule has 0 bridgehead atoms. The number of imidazole rings is 1. The Balaban J connectivity index is 3.35. The van der Waals surface area contributed by atoms with Crippen LogP contribution in [0.5, 0.6) is 0 Å². The molecule has 0 aromatic carbocycles. The number of carbonyl (C=O) groups excluding carboxylic acids is 1. The Kier molecular flexibility index (Phi) is 2.93. The summed E-state index contributed by atoms with van der Waals surface area (Å²) in [6, 6.07) is 0. The third-order valence-corrected chi connectivity index (χ3v) is 2.54. The Morgan fingerprint density at radius 3 is 2.62 bits per heavy atom. The van der Waals surface area contributed by atoms with Gasteiger partial charge in [0, 0.05) is 14.0 Å². The summed E-state index contributed by atoms with van der Waals surface area (Å²) >= 11 is 1.52. The summed E-state index contributed by atoms with van der Waals surface area (Å²) in [5.74, 6) is -0.0224. The van der Waals surface area contributed by atoms with Gasteiger partial charge in [-0.05, 0) is 12.3 Å². The molecule has 13 heavy (non-hydrogen) atoms. The van der Waals surface area contributed by atoms with Gasteiger partial charge in [0.1, 0.15) is 5.69 Å². The van der Waals surface area contributed by atoms with Gasteiger partial charge in [-0.2, -0.15) is 0 Å². The molecule has 0 unspecified atom stereocenters. The fraction of sp³-hybridized carbons (Fsp3) is 0.333. The average Bonchev–Trinajstić information content (AvgIpc) is 2.42. The van der Waals surface area contributed by atoms with Crippen LogP contribution < -0.4 is 0 Å². The predicted octanol–water partition coefficient (Wildman–Crippen LogP) is 1.99. The Hall–Kier alpha value is -1.03. The van der Waals surface area contributed by atoms with Crippen molar-refractivity contribution in [1.82, 2.24) is 9.55 Å². The lowest BCUT2D eigenvalue weighted by atomic mass is 10.2. The molecule has 0 N–H and O–H groups in total. The Morgan fingerprint density at radius 2 is 2.31 bits per heavy atom. The van der Waals surface area contributed by atoms with E-state index in [0.29, 0.717) is 5.69 Å². The van der Waals surface area contributed by atoms with Crippen LogP contribution in [0.4, 0.5) is 0 Å². The number of Topliss-reactive ketones (excluding diaryl/α,β-unsaturated/α-hetero) is 1. The molecule has 0 aliphatic heterocycles. The minimum atomic E-state index is -0.0224. The molecule has 0 amide bonds. The molecule has 0 saturated heterocycles. The number of hydrogen-bond acceptors (Lipinski definition) is 3. The molecule has 0 atom stereocenters.